The summed E-state index contributed by atoms with van der Waals surface area (Å²) in [7, 11) is 0. The molecule has 1 aromatic carbocycles. The number of hydrogen-bond donors (Lipinski definition) is 1. The molecule has 0 heterocycles. The summed E-state index contributed by atoms with van der Waals surface area (Å²) in [6.45, 7) is 6.42. The molecule has 0 radical (unpaired) electrons. The standard InChI is InChI=1S/C12H16BrNO/c1-9(15)14-8-12(2,3)10-5-4-6-11(13)7-10/h4-7H,8H2,1-3H3,(H,14,15). The average molecular weight is 270 g/mol. The van der Waals surface area contributed by atoms with E-state index < -0.39 is 0 Å². The summed E-state index contributed by atoms with van der Waals surface area (Å²) in [5.74, 6) is 0.0121. The van der Waals surface area contributed by atoms with Gasteiger partial charge in [-0.1, -0.05) is 41.9 Å². The van der Waals surface area contributed by atoms with Crippen molar-refractivity contribution in [2.45, 2.75) is 26.2 Å². The molecule has 1 N–H and O–H groups in total. The molecule has 0 spiro atoms. The monoisotopic (exact) mass is 269 g/mol. The van der Waals surface area contributed by atoms with Crippen LogP contribution >= 0.6 is 15.9 Å². The smallest absolute Gasteiger partial charge is 0.216 e. The van der Waals surface area contributed by atoms with Crippen LogP contribution in [0.25, 0.3) is 0 Å². The van der Waals surface area contributed by atoms with Crippen molar-refractivity contribution in [1.82, 2.24) is 5.32 Å². The molecule has 0 unspecified atom stereocenters. The largest absolute Gasteiger partial charge is 0.355 e. The van der Waals surface area contributed by atoms with Gasteiger partial charge in [0.1, 0.15) is 0 Å². The van der Waals surface area contributed by atoms with E-state index in [0.29, 0.717) is 6.54 Å². The molecule has 0 aliphatic rings. The van der Waals surface area contributed by atoms with Crippen LogP contribution < -0.4 is 5.32 Å². The van der Waals surface area contributed by atoms with E-state index in [9.17, 15) is 4.79 Å². The van der Waals surface area contributed by atoms with Crippen molar-refractivity contribution in [3.63, 3.8) is 0 Å². The van der Waals surface area contributed by atoms with E-state index in [1.54, 1.807) is 0 Å². The van der Waals surface area contributed by atoms with Gasteiger partial charge in [0, 0.05) is 23.4 Å². The third-order valence-corrected chi connectivity index (χ3v) is 2.88. The van der Waals surface area contributed by atoms with Gasteiger partial charge in [-0.2, -0.15) is 0 Å². The van der Waals surface area contributed by atoms with Gasteiger partial charge in [-0.05, 0) is 17.7 Å². The van der Waals surface area contributed by atoms with Crippen molar-refractivity contribution in [3.05, 3.63) is 34.3 Å². The quantitative estimate of drug-likeness (QED) is 0.899. The number of halogens is 1. The number of nitrogens with one attached hydrogen (secondary N) is 1. The van der Waals surface area contributed by atoms with Crippen molar-refractivity contribution in [3.8, 4) is 0 Å². The predicted octanol–water partition coefficient (Wildman–Crippen LogP) is 2.86. The fourth-order valence-corrected chi connectivity index (χ4v) is 1.76. The SMILES string of the molecule is CC(=O)NCC(C)(C)c1cccc(Br)c1. The molecule has 1 amide bonds. The molecule has 1 aromatic rings. The molecule has 2 nitrogen and oxygen atoms in total. The van der Waals surface area contributed by atoms with Crippen LogP contribution in [0, 0.1) is 0 Å². The van der Waals surface area contributed by atoms with E-state index in [1.807, 2.05) is 12.1 Å². The van der Waals surface area contributed by atoms with Crippen molar-refractivity contribution in [2.75, 3.05) is 6.54 Å². The first-order valence-electron chi connectivity index (χ1n) is 4.92. The molecule has 1 rings (SSSR count). The van der Waals surface area contributed by atoms with Crippen molar-refractivity contribution in [2.24, 2.45) is 0 Å². The van der Waals surface area contributed by atoms with Gasteiger partial charge < -0.3 is 5.32 Å². The molecule has 0 atom stereocenters. The summed E-state index contributed by atoms with van der Waals surface area (Å²) in [5, 5.41) is 2.85. The number of amides is 1. The predicted molar refractivity (Wildman–Crippen MR) is 65.9 cm³/mol. The van der Waals surface area contributed by atoms with Gasteiger partial charge in [-0.3, -0.25) is 4.79 Å². The minimum Gasteiger partial charge on any atom is -0.355 e. The first kappa shape index (κ1) is 12.2. The number of benzene rings is 1. The molecule has 0 fully saturated rings. The summed E-state index contributed by atoms with van der Waals surface area (Å²) >= 11 is 3.45. The number of carbonyl (C=O) groups excluding carboxylic acids is 1. The molecule has 0 aliphatic heterocycles. The Bertz CT molecular complexity index is 360. The fraction of sp³-hybridized carbons (Fsp3) is 0.417. The molecule has 0 saturated heterocycles. The van der Waals surface area contributed by atoms with Crippen LogP contribution in [0.15, 0.2) is 28.7 Å². The lowest BCUT2D eigenvalue weighted by atomic mass is 9.84. The Kier molecular flexibility index (Phi) is 3.91. The number of rotatable bonds is 3. The highest BCUT2D eigenvalue weighted by Gasteiger charge is 2.20. The highest BCUT2D eigenvalue weighted by molar-refractivity contribution is 9.10. The van der Waals surface area contributed by atoms with Crippen LogP contribution in [0.4, 0.5) is 0 Å². The zero-order chi connectivity index (χ0) is 11.5. The van der Waals surface area contributed by atoms with Gasteiger partial charge in [-0.15, -0.1) is 0 Å². The minimum absolute atomic E-state index is 0.0121. The highest BCUT2D eigenvalue weighted by Crippen LogP contribution is 2.24. The van der Waals surface area contributed by atoms with E-state index in [0.717, 1.165) is 4.47 Å². The second-order valence-electron chi connectivity index (χ2n) is 4.30. The molecule has 0 bridgehead atoms. The molecule has 0 saturated carbocycles. The lowest BCUT2D eigenvalue weighted by Gasteiger charge is -2.25. The third-order valence-electron chi connectivity index (χ3n) is 2.39. The van der Waals surface area contributed by atoms with Gasteiger partial charge in [0.05, 0.1) is 0 Å². The zero-order valence-electron chi connectivity index (χ0n) is 9.30. The Balaban J connectivity index is 2.80. The number of carbonyl (C=O) groups is 1. The second-order valence-corrected chi connectivity index (χ2v) is 5.22. The van der Waals surface area contributed by atoms with Gasteiger partial charge in [0.25, 0.3) is 0 Å². The van der Waals surface area contributed by atoms with Gasteiger partial charge in [0.15, 0.2) is 0 Å². The van der Waals surface area contributed by atoms with Crippen LogP contribution in [0.2, 0.25) is 0 Å². The van der Waals surface area contributed by atoms with Crippen molar-refractivity contribution >= 4 is 21.8 Å². The molecule has 0 aliphatic carbocycles. The summed E-state index contributed by atoms with van der Waals surface area (Å²) in [6, 6.07) is 8.17. The Labute approximate surface area is 99.2 Å². The van der Waals surface area contributed by atoms with Crippen molar-refractivity contribution in [1.29, 1.82) is 0 Å². The van der Waals surface area contributed by atoms with Crippen LogP contribution in [-0.2, 0) is 10.2 Å². The Hall–Kier alpha value is -0.830. The highest BCUT2D eigenvalue weighted by atomic mass is 79.9. The minimum atomic E-state index is -0.0462. The van der Waals surface area contributed by atoms with Crippen LogP contribution in [-0.4, -0.2) is 12.5 Å². The lowest BCUT2D eigenvalue weighted by molar-refractivity contribution is -0.119. The van der Waals surface area contributed by atoms with Gasteiger partial charge >= 0.3 is 0 Å². The Morgan fingerprint density at radius 3 is 2.67 bits per heavy atom. The van der Waals surface area contributed by atoms with Crippen molar-refractivity contribution < 1.29 is 4.79 Å². The second kappa shape index (κ2) is 4.79. The van der Waals surface area contributed by atoms with E-state index in [4.69, 9.17) is 0 Å². The summed E-state index contributed by atoms with van der Waals surface area (Å²) in [5.41, 5.74) is 1.17. The summed E-state index contributed by atoms with van der Waals surface area (Å²) in [4.78, 5) is 10.9. The molecular formula is C12H16BrNO. The summed E-state index contributed by atoms with van der Waals surface area (Å²) < 4.78 is 1.07. The maximum Gasteiger partial charge on any atom is 0.216 e. The zero-order valence-corrected chi connectivity index (χ0v) is 10.9. The topological polar surface area (TPSA) is 29.1 Å². The van der Waals surface area contributed by atoms with Crippen LogP contribution in [0.1, 0.15) is 26.3 Å². The van der Waals surface area contributed by atoms with E-state index in [2.05, 4.69) is 47.2 Å². The fourth-order valence-electron chi connectivity index (χ4n) is 1.36. The molecule has 3 heteroatoms. The van der Waals surface area contributed by atoms with E-state index >= 15 is 0 Å². The Morgan fingerprint density at radius 1 is 1.47 bits per heavy atom. The molecule has 82 valence electrons. The normalized spacial score (nSPS) is 11.2. The first-order valence-corrected chi connectivity index (χ1v) is 5.71. The van der Waals surface area contributed by atoms with Gasteiger partial charge in [-0.25, -0.2) is 0 Å². The molecule has 0 aromatic heterocycles. The average Bonchev–Trinajstić information content (AvgIpc) is 2.15. The maximum atomic E-state index is 10.9. The van der Waals surface area contributed by atoms with Gasteiger partial charge in [0.2, 0.25) is 5.91 Å². The number of hydrogen-bond acceptors (Lipinski definition) is 1. The Morgan fingerprint density at radius 2 is 2.13 bits per heavy atom. The van der Waals surface area contributed by atoms with E-state index in [1.165, 1.54) is 12.5 Å². The lowest BCUT2D eigenvalue weighted by Crippen LogP contribution is -2.35. The molecule has 15 heavy (non-hydrogen) atoms. The maximum absolute atomic E-state index is 10.9. The first-order chi connectivity index (χ1) is 6.92. The van der Waals surface area contributed by atoms with Crippen LogP contribution in [0.5, 0.6) is 0 Å². The summed E-state index contributed by atoms with van der Waals surface area (Å²) in [6.07, 6.45) is 0. The third kappa shape index (κ3) is 3.67. The molecular weight excluding hydrogens is 254 g/mol. The van der Waals surface area contributed by atoms with Crippen LogP contribution in [0.3, 0.4) is 0 Å². The van der Waals surface area contributed by atoms with E-state index in [-0.39, 0.29) is 11.3 Å².